The number of thiophene rings is 1. The van der Waals surface area contributed by atoms with Crippen LogP contribution < -0.4 is 5.32 Å². The molecule has 0 radical (unpaired) electrons. The summed E-state index contributed by atoms with van der Waals surface area (Å²) in [6.45, 7) is 2.68. The van der Waals surface area contributed by atoms with E-state index in [0.29, 0.717) is 12.6 Å². The molecule has 1 N–H and O–H groups in total. The van der Waals surface area contributed by atoms with Gasteiger partial charge in [-0.3, -0.25) is 14.4 Å². The first kappa shape index (κ1) is 15.4. The summed E-state index contributed by atoms with van der Waals surface area (Å²) in [4.78, 5) is 14.9. The van der Waals surface area contributed by atoms with E-state index in [1.807, 2.05) is 47.7 Å². The summed E-state index contributed by atoms with van der Waals surface area (Å²) < 4.78 is 2.98. The average molecular weight is 340 g/mol. The third-order valence-electron chi connectivity index (χ3n) is 4.63. The van der Waals surface area contributed by atoms with Gasteiger partial charge in [-0.2, -0.15) is 5.10 Å². The molecule has 1 aliphatic rings. The summed E-state index contributed by atoms with van der Waals surface area (Å²) in [5.74, 6) is 0.0284. The van der Waals surface area contributed by atoms with Crippen LogP contribution in [0.15, 0.2) is 42.0 Å². The van der Waals surface area contributed by atoms with E-state index in [9.17, 15) is 4.79 Å². The van der Waals surface area contributed by atoms with Gasteiger partial charge in [0.05, 0.1) is 11.8 Å². The second kappa shape index (κ2) is 6.37. The molecule has 3 aromatic rings. The lowest BCUT2D eigenvalue weighted by Gasteiger charge is -2.40. The quantitative estimate of drug-likeness (QED) is 0.777. The Morgan fingerprint density at radius 3 is 3.04 bits per heavy atom. The van der Waals surface area contributed by atoms with E-state index in [0.717, 1.165) is 35.2 Å². The van der Waals surface area contributed by atoms with Crippen LogP contribution in [0.5, 0.6) is 0 Å². The zero-order valence-corrected chi connectivity index (χ0v) is 14.4. The van der Waals surface area contributed by atoms with Crippen LogP contribution in [-0.4, -0.2) is 39.7 Å². The second-order valence-corrected chi connectivity index (χ2v) is 7.20. The molecule has 0 aliphatic carbocycles. The number of nitrogens with zero attached hydrogens (tertiary/aromatic N) is 3. The summed E-state index contributed by atoms with van der Waals surface area (Å²) in [6, 6.07) is 8.47. The van der Waals surface area contributed by atoms with Gasteiger partial charge in [0.25, 0.3) is 5.91 Å². The molecule has 5 nitrogen and oxygen atoms in total. The fourth-order valence-electron chi connectivity index (χ4n) is 3.18. The van der Waals surface area contributed by atoms with Gasteiger partial charge in [-0.25, -0.2) is 0 Å². The largest absolute Gasteiger partial charge is 0.350 e. The van der Waals surface area contributed by atoms with Crippen molar-refractivity contribution in [2.24, 2.45) is 7.05 Å². The monoisotopic (exact) mass is 340 g/mol. The number of carbonyl (C=O) groups excluding carboxylic acids is 1. The lowest BCUT2D eigenvalue weighted by atomic mass is 10.0. The van der Waals surface area contributed by atoms with Crippen LogP contribution in [0.2, 0.25) is 0 Å². The van der Waals surface area contributed by atoms with Gasteiger partial charge in [0.2, 0.25) is 0 Å². The second-order valence-electron chi connectivity index (χ2n) is 6.29. The molecular formula is C18H20N4OS. The number of rotatable bonds is 5. The molecule has 1 fully saturated rings. The Labute approximate surface area is 144 Å². The Morgan fingerprint density at radius 1 is 1.42 bits per heavy atom. The lowest BCUT2D eigenvalue weighted by Crippen LogP contribution is -2.52. The molecule has 0 saturated carbocycles. The molecule has 2 aromatic heterocycles. The van der Waals surface area contributed by atoms with Crippen molar-refractivity contribution in [3.05, 3.63) is 53.2 Å². The van der Waals surface area contributed by atoms with E-state index < -0.39 is 0 Å². The normalized spacial score (nSPS) is 17.8. The highest BCUT2D eigenvalue weighted by Gasteiger charge is 2.28. The first-order valence-electron chi connectivity index (χ1n) is 8.17. The minimum atomic E-state index is 0.0284. The van der Waals surface area contributed by atoms with Gasteiger partial charge >= 0.3 is 0 Å². The summed E-state index contributed by atoms with van der Waals surface area (Å²) >= 11 is 1.62. The molecule has 1 saturated heterocycles. The summed E-state index contributed by atoms with van der Waals surface area (Å²) in [7, 11) is 1.93. The molecule has 4 rings (SSSR count). The lowest BCUT2D eigenvalue weighted by molar-refractivity contribution is 0.0733. The number of nitrogens with one attached hydrogen (secondary N) is 1. The fourth-order valence-corrected chi connectivity index (χ4v) is 4.12. The van der Waals surface area contributed by atoms with Gasteiger partial charge in [0.1, 0.15) is 0 Å². The molecule has 124 valence electrons. The van der Waals surface area contributed by atoms with E-state index in [1.54, 1.807) is 11.3 Å². The number of benzene rings is 1. The van der Waals surface area contributed by atoms with E-state index >= 15 is 0 Å². The summed E-state index contributed by atoms with van der Waals surface area (Å²) in [6.07, 6.45) is 5.09. The number of carbonyl (C=O) groups is 1. The molecule has 0 bridgehead atoms. The minimum absolute atomic E-state index is 0.0284. The van der Waals surface area contributed by atoms with E-state index in [4.69, 9.17) is 0 Å². The topological polar surface area (TPSA) is 50.2 Å². The van der Waals surface area contributed by atoms with Gasteiger partial charge in [0.15, 0.2) is 0 Å². The van der Waals surface area contributed by atoms with Crippen molar-refractivity contribution >= 4 is 27.3 Å². The highest BCUT2D eigenvalue weighted by atomic mass is 32.1. The number of hydrogen-bond acceptors (Lipinski definition) is 4. The standard InChI is InChI=1S/C18H20N4OS/c1-21-10-13(8-20-21)11-22-7-6-14(22)9-19-18(23)16-12-24-17-5-3-2-4-15(16)17/h2-5,8,10,12,14H,6-7,9,11H2,1H3,(H,19,23). The Hall–Kier alpha value is -2.18. The SMILES string of the molecule is Cn1cc(CN2CCC2CNC(=O)c2csc3ccccc23)cn1. The third kappa shape index (κ3) is 2.95. The maximum absolute atomic E-state index is 12.5. The van der Waals surface area contributed by atoms with Crippen LogP contribution >= 0.6 is 11.3 Å². The minimum Gasteiger partial charge on any atom is -0.350 e. The van der Waals surface area contributed by atoms with Gasteiger partial charge in [0, 0.05) is 60.0 Å². The summed E-state index contributed by atoms with van der Waals surface area (Å²) in [5.41, 5.74) is 2.01. The first-order valence-corrected chi connectivity index (χ1v) is 9.04. The zero-order chi connectivity index (χ0) is 16.5. The molecule has 24 heavy (non-hydrogen) atoms. The van der Waals surface area contributed by atoms with Crippen LogP contribution in [0.1, 0.15) is 22.3 Å². The number of amides is 1. The van der Waals surface area contributed by atoms with Crippen molar-refractivity contribution in [3.63, 3.8) is 0 Å². The molecule has 0 spiro atoms. The number of likely N-dealkylation sites (tertiary alicyclic amines) is 1. The highest BCUT2D eigenvalue weighted by molar-refractivity contribution is 7.17. The van der Waals surface area contributed by atoms with Gasteiger partial charge in [-0.05, 0) is 12.5 Å². The van der Waals surface area contributed by atoms with Crippen LogP contribution in [0.3, 0.4) is 0 Å². The van der Waals surface area contributed by atoms with Crippen LogP contribution in [0, 0.1) is 0 Å². The molecule has 3 heterocycles. The summed E-state index contributed by atoms with van der Waals surface area (Å²) in [5, 5.41) is 10.3. The predicted octanol–water partition coefficient (Wildman–Crippen LogP) is 2.64. The van der Waals surface area contributed by atoms with Crippen LogP contribution in [0.25, 0.3) is 10.1 Å². The molecule has 1 unspecified atom stereocenters. The fraction of sp³-hybridized carbons (Fsp3) is 0.333. The van der Waals surface area contributed by atoms with Gasteiger partial charge in [-0.15, -0.1) is 11.3 Å². The van der Waals surface area contributed by atoms with Crippen molar-refractivity contribution in [1.29, 1.82) is 0 Å². The number of aryl methyl sites for hydroxylation is 1. The Bertz CT molecular complexity index is 869. The molecule has 1 aliphatic heterocycles. The number of fused-ring (bicyclic) bond motifs is 1. The Kier molecular flexibility index (Phi) is 4.08. The van der Waals surface area contributed by atoms with E-state index in [1.165, 1.54) is 5.56 Å². The predicted molar refractivity (Wildman–Crippen MR) is 96.2 cm³/mol. The maximum atomic E-state index is 12.5. The molecule has 1 atom stereocenters. The Balaban J connectivity index is 1.35. The Morgan fingerprint density at radius 2 is 2.29 bits per heavy atom. The van der Waals surface area contributed by atoms with E-state index in [-0.39, 0.29) is 5.91 Å². The van der Waals surface area contributed by atoms with Gasteiger partial charge < -0.3 is 5.32 Å². The van der Waals surface area contributed by atoms with Crippen molar-refractivity contribution < 1.29 is 4.79 Å². The van der Waals surface area contributed by atoms with E-state index in [2.05, 4.69) is 21.4 Å². The van der Waals surface area contributed by atoms with Crippen molar-refractivity contribution in [3.8, 4) is 0 Å². The van der Waals surface area contributed by atoms with Crippen molar-refractivity contribution in [2.75, 3.05) is 13.1 Å². The molecule has 1 amide bonds. The van der Waals surface area contributed by atoms with Crippen LogP contribution in [0.4, 0.5) is 0 Å². The number of aromatic nitrogens is 2. The number of hydrogen-bond donors (Lipinski definition) is 1. The third-order valence-corrected chi connectivity index (χ3v) is 5.60. The highest BCUT2D eigenvalue weighted by Crippen LogP contribution is 2.26. The molecule has 6 heteroatoms. The molecule has 1 aromatic carbocycles. The average Bonchev–Trinajstić information content (AvgIpc) is 3.17. The van der Waals surface area contributed by atoms with Crippen molar-refractivity contribution in [1.82, 2.24) is 20.0 Å². The smallest absolute Gasteiger partial charge is 0.252 e. The van der Waals surface area contributed by atoms with Gasteiger partial charge in [-0.1, -0.05) is 18.2 Å². The van der Waals surface area contributed by atoms with Crippen LogP contribution in [-0.2, 0) is 13.6 Å². The molecular weight excluding hydrogens is 320 g/mol. The maximum Gasteiger partial charge on any atom is 0.252 e. The zero-order valence-electron chi connectivity index (χ0n) is 13.6. The first-order chi connectivity index (χ1) is 11.7. The van der Waals surface area contributed by atoms with Crippen molar-refractivity contribution in [2.45, 2.75) is 19.0 Å².